The third-order valence-electron chi connectivity index (χ3n) is 5.29. The fourth-order valence-electron chi connectivity index (χ4n) is 3.72. The summed E-state index contributed by atoms with van der Waals surface area (Å²) >= 11 is 0. The minimum absolute atomic E-state index is 0.0131. The fraction of sp³-hybridized carbons (Fsp3) is 0.600. The third-order valence-corrected chi connectivity index (χ3v) is 5.29. The topological polar surface area (TPSA) is 93.8 Å². The van der Waals surface area contributed by atoms with Crippen molar-refractivity contribution < 1.29 is 9.59 Å². The maximum absolute atomic E-state index is 12.6. The van der Waals surface area contributed by atoms with Crippen molar-refractivity contribution in [1.29, 1.82) is 0 Å². The summed E-state index contributed by atoms with van der Waals surface area (Å²) in [6.07, 6.45) is 6.23. The number of rotatable bonds is 6. The molecule has 8 nitrogen and oxygen atoms in total. The molecule has 1 aliphatic carbocycles. The van der Waals surface area contributed by atoms with Gasteiger partial charge in [0.05, 0.1) is 12.4 Å². The fourth-order valence-corrected chi connectivity index (χ4v) is 3.72. The molecule has 2 aromatic rings. The molecule has 8 heteroatoms. The van der Waals surface area contributed by atoms with Gasteiger partial charge in [0.15, 0.2) is 0 Å². The van der Waals surface area contributed by atoms with Gasteiger partial charge in [0.25, 0.3) is 0 Å². The number of aromatic nitrogens is 4. The monoisotopic (exact) mass is 386 g/mol. The Kier molecular flexibility index (Phi) is 6.16. The van der Waals surface area contributed by atoms with Crippen molar-refractivity contribution in [2.24, 2.45) is 11.8 Å². The third kappa shape index (κ3) is 4.43. The minimum Gasteiger partial charge on any atom is -0.311 e. The molecule has 0 saturated heterocycles. The number of carbonyl (C=O) groups is 2. The van der Waals surface area contributed by atoms with Crippen molar-refractivity contribution in [2.75, 3.05) is 10.6 Å². The van der Waals surface area contributed by atoms with Crippen LogP contribution in [0.1, 0.15) is 65.5 Å². The largest absolute Gasteiger partial charge is 0.311 e. The van der Waals surface area contributed by atoms with Crippen molar-refractivity contribution in [3.05, 3.63) is 24.5 Å². The van der Waals surface area contributed by atoms with Gasteiger partial charge in [-0.05, 0) is 53.4 Å². The Morgan fingerprint density at radius 1 is 0.821 bits per heavy atom. The number of nitrogens with one attached hydrogen (secondary N) is 2. The second-order valence-corrected chi connectivity index (χ2v) is 8.04. The number of hydrogen-bond acceptors (Lipinski definition) is 4. The lowest BCUT2D eigenvalue weighted by molar-refractivity contribution is -0.125. The van der Waals surface area contributed by atoms with Gasteiger partial charge < -0.3 is 10.6 Å². The highest BCUT2D eigenvalue weighted by atomic mass is 16.2. The predicted molar refractivity (Wildman–Crippen MR) is 108 cm³/mol. The van der Waals surface area contributed by atoms with E-state index in [2.05, 4.69) is 20.8 Å². The predicted octanol–water partition coefficient (Wildman–Crippen LogP) is 3.63. The van der Waals surface area contributed by atoms with E-state index in [4.69, 9.17) is 0 Å². The normalized spacial score (nSPS) is 19.8. The minimum atomic E-state index is -0.0687. The number of anilines is 2. The van der Waals surface area contributed by atoms with Crippen LogP contribution in [0.2, 0.25) is 0 Å². The van der Waals surface area contributed by atoms with Crippen molar-refractivity contribution in [3.63, 3.8) is 0 Å². The molecule has 0 bridgehead atoms. The number of nitrogens with zero attached hydrogens (tertiary/aromatic N) is 4. The maximum atomic E-state index is 12.6. The van der Waals surface area contributed by atoms with Crippen LogP contribution in [-0.4, -0.2) is 31.4 Å². The zero-order chi connectivity index (χ0) is 20.3. The first-order valence-corrected chi connectivity index (χ1v) is 10.1. The molecular weight excluding hydrogens is 356 g/mol. The Morgan fingerprint density at radius 3 is 1.50 bits per heavy atom. The van der Waals surface area contributed by atoms with Crippen LogP contribution in [-0.2, 0) is 9.59 Å². The van der Waals surface area contributed by atoms with Crippen LogP contribution in [0.5, 0.6) is 0 Å². The van der Waals surface area contributed by atoms with E-state index in [-0.39, 0.29) is 35.7 Å². The smallest absolute Gasteiger partial charge is 0.228 e. The Bertz CT molecular complexity index is 746. The van der Waals surface area contributed by atoms with Crippen LogP contribution >= 0.6 is 0 Å². The SMILES string of the molecule is CC(C)n1nccc1NC(=O)C1CCC(C(=O)Nc2ccnn2C(C)C)CC1. The standard InChI is InChI=1S/C20H30N6O2/c1-13(2)25-17(9-11-21-25)23-19(27)15-5-7-16(8-6-15)20(28)24-18-10-12-22-26(18)14(3)4/h9-16H,5-8H2,1-4H3,(H,23,27)(H,24,28). The van der Waals surface area contributed by atoms with Crippen molar-refractivity contribution in [1.82, 2.24) is 19.6 Å². The first kappa shape index (κ1) is 20.1. The Labute approximate surface area is 165 Å². The molecule has 152 valence electrons. The summed E-state index contributed by atoms with van der Waals surface area (Å²) in [6, 6.07) is 4.00. The summed E-state index contributed by atoms with van der Waals surface area (Å²) in [4.78, 5) is 25.3. The lowest BCUT2D eigenvalue weighted by atomic mass is 9.81. The van der Waals surface area contributed by atoms with Gasteiger partial charge in [0.2, 0.25) is 11.8 Å². The van der Waals surface area contributed by atoms with Crippen LogP contribution in [0.25, 0.3) is 0 Å². The van der Waals surface area contributed by atoms with Gasteiger partial charge in [0, 0.05) is 36.1 Å². The van der Waals surface area contributed by atoms with Crippen LogP contribution < -0.4 is 10.6 Å². The molecule has 1 aliphatic rings. The Morgan fingerprint density at radius 2 is 1.18 bits per heavy atom. The molecule has 2 aromatic heterocycles. The average molecular weight is 387 g/mol. The van der Waals surface area contributed by atoms with E-state index >= 15 is 0 Å². The van der Waals surface area contributed by atoms with Gasteiger partial charge in [-0.3, -0.25) is 9.59 Å². The van der Waals surface area contributed by atoms with Gasteiger partial charge in [-0.2, -0.15) is 10.2 Å². The first-order chi connectivity index (χ1) is 13.4. The van der Waals surface area contributed by atoms with E-state index in [0.29, 0.717) is 25.7 Å². The molecule has 0 unspecified atom stereocenters. The molecule has 0 spiro atoms. The van der Waals surface area contributed by atoms with E-state index < -0.39 is 0 Å². The second-order valence-electron chi connectivity index (χ2n) is 8.04. The van der Waals surface area contributed by atoms with Crippen LogP contribution in [0, 0.1) is 11.8 Å². The molecule has 28 heavy (non-hydrogen) atoms. The molecule has 0 aliphatic heterocycles. The molecule has 0 radical (unpaired) electrons. The molecule has 3 rings (SSSR count). The van der Waals surface area contributed by atoms with Crippen LogP contribution in [0.15, 0.2) is 24.5 Å². The number of carbonyl (C=O) groups excluding carboxylic acids is 2. The molecule has 2 heterocycles. The molecule has 2 amide bonds. The van der Waals surface area contributed by atoms with E-state index in [1.165, 1.54) is 0 Å². The van der Waals surface area contributed by atoms with Crippen LogP contribution in [0.4, 0.5) is 11.6 Å². The van der Waals surface area contributed by atoms with Crippen molar-refractivity contribution in [2.45, 2.75) is 65.5 Å². The Balaban J connectivity index is 1.52. The van der Waals surface area contributed by atoms with E-state index in [1.807, 2.05) is 39.8 Å². The number of amides is 2. The zero-order valence-corrected chi connectivity index (χ0v) is 17.1. The molecule has 1 fully saturated rings. The summed E-state index contributed by atoms with van der Waals surface area (Å²) in [5.74, 6) is 1.34. The quantitative estimate of drug-likeness (QED) is 0.793. The maximum Gasteiger partial charge on any atom is 0.228 e. The van der Waals surface area contributed by atoms with Gasteiger partial charge in [-0.1, -0.05) is 0 Å². The summed E-state index contributed by atoms with van der Waals surface area (Å²) in [5, 5.41) is 14.5. The summed E-state index contributed by atoms with van der Waals surface area (Å²) in [5.41, 5.74) is 0. The molecule has 2 N–H and O–H groups in total. The first-order valence-electron chi connectivity index (χ1n) is 10.1. The summed E-state index contributed by atoms with van der Waals surface area (Å²) < 4.78 is 3.60. The van der Waals surface area contributed by atoms with E-state index in [1.54, 1.807) is 21.8 Å². The Hall–Kier alpha value is -2.64. The second kappa shape index (κ2) is 8.58. The summed E-state index contributed by atoms with van der Waals surface area (Å²) in [6.45, 7) is 8.10. The van der Waals surface area contributed by atoms with E-state index in [0.717, 1.165) is 11.6 Å². The van der Waals surface area contributed by atoms with Gasteiger partial charge in [0.1, 0.15) is 11.6 Å². The van der Waals surface area contributed by atoms with Gasteiger partial charge >= 0.3 is 0 Å². The van der Waals surface area contributed by atoms with Crippen LogP contribution in [0.3, 0.4) is 0 Å². The lowest BCUT2D eigenvalue weighted by Gasteiger charge is -2.27. The van der Waals surface area contributed by atoms with Gasteiger partial charge in [-0.25, -0.2) is 9.36 Å². The highest BCUT2D eigenvalue weighted by Crippen LogP contribution is 2.31. The highest BCUT2D eigenvalue weighted by molar-refractivity contribution is 5.93. The molecule has 0 atom stereocenters. The van der Waals surface area contributed by atoms with Crippen molar-refractivity contribution in [3.8, 4) is 0 Å². The van der Waals surface area contributed by atoms with Gasteiger partial charge in [-0.15, -0.1) is 0 Å². The highest BCUT2D eigenvalue weighted by Gasteiger charge is 2.30. The van der Waals surface area contributed by atoms with Crippen molar-refractivity contribution >= 4 is 23.5 Å². The molecular formula is C20H30N6O2. The van der Waals surface area contributed by atoms with E-state index in [9.17, 15) is 9.59 Å². The lowest BCUT2D eigenvalue weighted by Crippen LogP contribution is -2.32. The zero-order valence-electron chi connectivity index (χ0n) is 17.1. The average Bonchev–Trinajstić information content (AvgIpc) is 3.31. The molecule has 0 aromatic carbocycles. The number of hydrogen-bond donors (Lipinski definition) is 2. The summed E-state index contributed by atoms with van der Waals surface area (Å²) in [7, 11) is 0. The molecule has 1 saturated carbocycles.